The Morgan fingerprint density at radius 1 is 0.833 bits per heavy atom. The fourth-order valence-electron chi connectivity index (χ4n) is 2.77. The van der Waals surface area contributed by atoms with Crippen molar-refractivity contribution in [1.29, 1.82) is 0 Å². The van der Waals surface area contributed by atoms with Gasteiger partial charge in [-0.25, -0.2) is 4.79 Å². The van der Waals surface area contributed by atoms with E-state index in [1.54, 1.807) is 31.1 Å². The van der Waals surface area contributed by atoms with Crippen molar-refractivity contribution in [3.63, 3.8) is 0 Å². The second kappa shape index (κ2) is 8.44. The number of anilines is 3. The Kier molecular flexibility index (Phi) is 5.38. The molecule has 8 heteroatoms. The summed E-state index contributed by atoms with van der Waals surface area (Å²) in [7, 11) is 3.59. The number of ether oxygens (including phenoxy) is 1. The minimum absolute atomic E-state index is 0.0814. The smallest absolute Gasteiger partial charge is 0.328 e. The van der Waals surface area contributed by atoms with Crippen LogP contribution in [-0.4, -0.2) is 35.1 Å². The highest BCUT2D eigenvalue weighted by molar-refractivity contribution is 5.98. The van der Waals surface area contributed by atoms with E-state index in [4.69, 9.17) is 4.74 Å². The molecule has 30 heavy (non-hydrogen) atoms. The van der Waals surface area contributed by atoms with Crippen LogP contribution in [0.3, 0.4) is 0 Å². The van der Waals surface area contributed by atoms with Crippen molar-refractivity contribution in [3.05, 3.63) is 72.8 Å². The molecule has 0 saturated heterocycles. The van der Waals surface area contributed by atoms with Gasteiger partial charge in [0.15, 0.2) is 0 Å². The van der Waals surface area contributed by atoms with E-state index in [2.05, 4.69) is 25.6 Å². The number of amides is 2. The number of aromatic nitrogens is 3. The molecule has 2 amide bonds. The zero-order valence-electron chi connectivity index (χ0n) is 16.5. The molecular formula is C22H20N6O2. The lowest BCUT2D eigenvalue weighted by Gasteiger charge is -2.13. The van der Waals surface area contributed by atoms with Gasteiger partial charge in [-0.2, -0.15) is 15.0 Å². The van der Waals surface area contributed by atoms with Gasteiger partial charge in [-0.05, 0) is 35.0 Å². The summed E-state index contributed by atoms with van der Waals surface area (Å²) in [6, 6.07) is 22.4. The quantitative estimate of drug-likeness (QED) is 0.511. The van der Waals surface area contributed by atoms with Crippen molar-refractivity contribution in [2.24, 2.45) is 0 Å². The predicted octanol–water partition coefficient (Wildman–Crippen LogP) is 4.53. The summed E-state index contributed by atoms with van der Waals surface area (Å²) < 4.78 is 5.86. The van der Waals surface area contributed by atoms with Crippen LogP contribution in [0.25, 0.3) is 10.8 Å². The minimum Gasteiger partial charge on any atom is -0.424 e. The maximum atomic E-state index is 12.3. The molecule has 0 aliphatic carbocycles. The average Bonchev–Trinajstić information content (AvgIpc) is 2.74. The zero-order valence-corrected chi connectivity index (χ0v) is 16.5. The van der Waals surface area contributed by atoms with Crippen LogP contribution in [0.2, 0.25) is 0 Å². The Morgan fingerprint density at radius 3 is 2.33 bits per heavy atom. The van der Waals surface area contributed by atoms with Gasteiger partial charge < -0.3 is 15.0 Å². The van der Waals surface area contributed by atoms with Crippen molar-refractivity contribution in [2.75, 3.05) is 29.6 Å². The molecular weight excluding hydrogens is 380 g/mol. The highest BCUT2D eigenvalue weighted by atomic mass is 16.5. The van der Waals surface area contributed by atoms with Gasteiger partial charge in [0, 0.05) is 19.8 Å². The molecule has 0 aliphatic heterocycles. The van der Waals surface area contributed by atoms with Gasteiger partial charge in [-0.15, -0.1) is 0 Å². The maximum Gasteiger partial charge on any atom is 0.328 e. The van der Waals surface area contributed by atoms with E-state index in [1.165, 1.54) is 0 Å². The highest BCUT2D eigenvalue weighted by Crippen LogP contribution is 2.25. The normalized spacial score (nSPS) is 10.5. The maximum absolute atomic E-state index is 12.3. The Morgan fingerprint density at radius 2 is 1.57 bits per heavy atom. The van der Waals surface area contributed by atoms with Crippen LogP contribution < -0.4 is 20.3 Å². The minimum atomic E-state index is -0.464. The fourth-order valence-corrected chi connectivity index (χ4v) is 2.77. The Bertz CT molecular complexity index is 1180. The number of hydrogen-bond acceptors (Lipinski definition) is 6. The molecule has 3 aromatic carbocycles. The fraction of sp³-hybridized carbons (Fsp3) is 0.0909. The molecule has 0 fully saturated rings. The van der Waals surface area contributed by atoms with Gasteiger partial charge >= 0.3 is 12.0 Å². The molecule has 8 nitrogen and oxygen atoms in total. The van der Waals surface area contributed by atoms with Crippen molar-refractivity contribution in [2.45, 2.75) is 0 Å². The molecule has 0 saturated carbocycles. The Hall–Kier alpha value is -4.20. The summed E-state index contributed by atoms with van der Waals surface area (Å²) in [5.41, 5.74) is 0.657. The first-order valence-corrected chi connectivity index (χ1v) is 9.30. The van der Waals surface area contributed by atoms with E-state index in [9.17, 15) is 4.79 Å². The third-order valence-corrected chi connectivity index (χ3v) is 4.19. The molecule has 0 radical (unpaired) electrons. The summed E-state index contributed by atoms with van der Waals surface area (Å²) in [5.74, 6) is 1.03. The van der Waals surface area contributed by atoms with Gasteiger partial charge in [-0.3, -0.25) is 5.32 Å². The number of urea groups is 1. The number of nitrogens with zero attached hydrogens (tertiary/aromatic N) is 4. The average molecular weight is 400 g/mol. The molecule has 0 spiro atoms. The SMILES string of the molecule is CN(C)c1nc(NC(=O)Nc2ccccc2)nc(Oc2ccc3ccccc3c2)n1. The van der Waals surface area contributed by atoms with Crippen molar-refractivity contribution in [3.8, 4) is 11.8 Å². The molecule has 0 unspecified atom stereocenters. The van der Waals surface area contributed by atoms with Gasteiger partial charge in [-0.1, -0.05) is 48.5 Å². The summed E-state index contributed by atoms with van der Waals surface area (Å²) in [4.78, 5) is 26.8. The van der Waals surface area contributed by atoms with Crippen LogP contribution in [0.15, 0.2) is 72.8 Å². The number of fused-ring (bicyclic) bond motifs is 1. The van der Waals surface area contributed by atoms with E-state index in [-0.39, 0.29) is 12.0 Å². The lowest BCUT2D eigenvalue weighted by atomic mass is 10.1. The molecule has 2 N–H and O–H groups in total. The second-order valence-electron chi connectivity index (χ2n) is 6.69. The van der Waals surface area contributed by atoms with Crippen molar-refractivity contribution >= 4 is 34.4 Å². The molecule has 4 aromatic rings. The van der Waals surface area contributed by atoms with E-state index >= 15 is 0 Å². The number of rotatable bonds is 5. The Balaban J connectivity index is 1.56. The molecule has 150 valence electrons. The molecule has 4 rings (SSSR count). The summed E-state index contributed by atoms with van der Waals surface area (Å²) in [6.45, 7) is 0. The molecule has 1 aromatic heterocycles. The van der Waals surface area contributed by atoms with Crippen LogP contribution >= 0.6 is 0 Å². The van der Waals surface area contributed by atoms with Gasteiger partial charge in [0.05, 0.1) is 0 Å². The first-order valence-electron chi connectivity index (χ1n) is 9.30. The first kappa shape index (κ1) is 19.1. The Labute approximate surface area is 173 Å². The highest BCUT2D eigenvalue weighted by Gasteiger charge is 2.13. The predicted molar refractivity (Wildman–Crippen MR) is 117 cm³/mol. The van der Waals surface area contributed by atoms with Crippen molar-refractivity contribution < 1.29 is 9.53 Å². The monoisotopic (exact) mass is 400 g/mol. The molecule has 0 aliphatic rings. The number of carbonyl (C=O) groups excluding carboxylic acids is 1. The van der Waals surface area contributed by atoms with Crippen LogP contribution in [0.4, 0.5) is 22.4 Å². The number of carbonyl (C=O) groups is 1. The lowest BCUT2D eigenvalue weighted by Crippen LogP contribution is -2.22. The standard InChI is InChI=1S/C22H20N6O2/c1-28(2)20-24-19(25-21(29)23-17-10-4-3-5-11-17)26-22(27-20)30-18-13-12-15-8-6-7-9-16(15)14-18/h3-14H,1-2H3,(H2,23,24,25,26,27,29). The van der Waals surface area contributed by atoms with E-state index < -0.39 is 6.03 Å². The largest absolute Gasteiger partial charge is 0.424 e. The second-order valence-corrected chi connectivity index (χ2v) is 6.69. The van der Waals surface area contributed by atoms with E-state index in [0.29, 0.717) is 17.4 Å². The summed E-state index contributed by atoms with van der Waals surface area (Å²) in [5, 5.41) is 7.49. The third kappa shape index (κ3) is 4.61. The number of para-hydroxylation sites is 1. The summed E-state index contributed by atoms with van der Waals surface area (Å²) in [6.07, 6.45) is 0. The first-order chi connectivity index (χ1) is 14.6. The molecule has 0 atom stereocenters. The number of nitrogens with one attached hydrogen (secondary N) is 2. The van der Waals surface area contributed by atoms with Crippen LogP contribution in [0.5, 0.6) is 11.8 Å². The van der Waals surface area contributed by atoms with Gasteiger partial charge in [0.1, 0.15) is 5.75 Å². The lowest BCUT2D eigenvalue weighted by molar-refractivity contribution is 0.262. The van der Waals surface area contributed by atoms with Gasteiger partial charge in [0.2, 0.25) is 11.9 Å². The van der Waals surface area contributed by atoms with E-state index in [0.717, 1.165) is 10.8 Å². The third-order valence-electron chi connectivity index (χ3n) is 4.19. The zero-order chi connectivity index (χ0) is 20.9. The van der Waals surface area contributed by atoms with Crippen LogP contribution in [-0.2, 0) is 0 Å². The van der Waals surface area contributed by atoms with Crippen LogP contribution in [0.1, 0.15) is 0 Å². The van der Waals surface area contributed by atoms with Gasteiger partial charge in [0.25, 0.3) is 0 Å². The molecule has 0 bridgehead atoms. The number of hydrogen-bond donors (Lipinski definition) is 2. The summed E-state index contributed by atoms with van der Waals surface area (Å²) >= 11 is 0. The molecule has 1 heterocycles. The number of benzene rings is 3. The van der Waals surface area contributed by atoms with E-state index in [1.807, 2.05) is 60.7 Å². The van der Waals surface area contributed by atoms with Crippen LogP contribution in [0, 0.1) is 0 Å². The topological polar surface area (TPSA) is 92.3 Å². The van der Waals surface area contributed by atoms with Crippen molar-refractivity contribution in [1.82, 2.24) is 15.0 Å².